The first-order valence-electron chi connectivity index (χ1n) is 6.98. The molecule has 1 aliphatic carbocycles. The summed E-state index contributed by atoms with van der Waals surface area (Å²) in [4.78, 5) is 12.2. The maximum Gasteiger partial charge on any atom is 0.307 e. The summed E-state index contributed by atoms with van der Waals surface area (Å²) in [5.74, 6) is -0.437. The highest BCUT2D eigenvalue weighted by molar-refractivity contribution is 7.16. The molecule has 0 aliphatic heterocycles. The van der Waals surface area contributed by atoms with Crippen LogP contribution in [0.4, 0.5) is 0 Å². The van der Waals surface area contributed by atoms with Crippen LogP contribution in [0.25, 0.3) is 4.96 Å². The number of carboxylic acid groups (broad SMARTS) is 1. The molecule has 0 saturated carbocycles. The van der Waals surface area contributed by atoms with E-state index in [-0.39, 0.29) is 11.3 Å². The number of hydrogen-bond donors (Lipinski definition) is 1. The average Bonchev–Trinajstić information content (AvgIpc) is 2.96. The molecule has 2 aromatic rings. The summed E-state index contributed by atoms with van der Waals surface area (Å²) in [5, 5.41) is 23.2. The number of aliphatic carboxylic acids is 1. The summed E-state index contributed by atoms with van der Waals surface area (Å²) < 4.78 is 1.76. The van der Waals surface area contributed by atoms with Crippen molar-refractivity contribution in [2.24, 2.45) is 5.92 Å². The van der Waals surface area contributed by atoms with Crippen LogP contribution < -0.4 is 0 Å². The van der Waals surface area contributed by atoms with Gasteiger partial charge in [0.2, 0.25) is 4.96 Å². The van der Waals surface area contributed by atoms with E-state index in [1.807, 2.05) is 12.2 Å². The lowest BCUT2D eigenvalue weighted by Crippen LogP contribution is -2.24. The van der Waals surface area contributed by atoms with Gasteiger partial charge in [-0.2, -0.15) is 9.61 Å². The highest BCUT2D eigenvalue weighted by Crippen LogP contribution is 2.37. The van der Waals surface area contributed by atoms with Gasteiger partial charge in [0.15, 0.2) is 5.82 Å². The van der Waals surface area contributed by atoms with Gasteiger partial charge in [0.1, 0.15) is 5.01 Å². The van der Waals surface area contributed by atoms with Crippen molar-refractivity contribution in [3.8, 4) is 0 Å². The fraction of sp³-hybridized carbons (Fsp3) is 0.571. The van der Waals surface area contributed by atoms with E-state index >= 15 is 0 Å². The van der Waals surface area contributed by atoms with Crippen LogP contribution >= 0.6 is 11.3 Å². The van der Waals surface area contributed by atoms with E-state index in [1.54, 1.807) is 4.52 Å². The molecule has 2 aromatic heterocycles. The predicted octanol–water partition coefficient (Wildman–Crippen LogP) is 2.62. The molecular formula is C14H18N4O2S. The molecule has 0 fully saturated rings. The number of carboxylic acids is 1. The van der Waals surface area contributed by atoms with E-state index < -0.39 is 11.9 Å². The van der Waals surface area contributed by atoms with Crippen molar-refractivity contribution in [3.05, 3.63) is 23.0 Å². The minimum Gasteiger partial charge on any atom is -0.481 e. The quantitative estimate of drug-likeness (QED) is 0.863. The third-order valence-corrected chi connectivity index (χ3v) is 4.77. The van der Waals surface area contributed by atoms with E-state index in [1.165, 1.54) is 11.3 Å². The molecule has 0 spiro atoms. The molecule has 0 unspecified atom stereocenters. The standard InChI is InChI=1S/C14H18N4O2S/c1-14(2,3)12-15-16-13-18(12)17-10(21-13)8-6-4-5-7-9(8)11(19)20/h4-5,8-9H,6-7H2,1-3H3,(H,19,20)/t8-,9+/m1/s1. The van der Waals surface area contributed by atoms with Gasteiger partial charge in [-0.25, -0.2) is 0 Å². The van der Waals surface area contributed by atoms with Crippen molar-refractivity contribution in [1.29, 1.82) is 0 Å². The van der Waals surface area contributed by atoms with Crippen molar-refractivity contribution >= 4 is 22.3 Å². The first-order chi connectivity index (χ1) is 9.88. The highest BCUT2D eigenvalue weighted by Gasteiger charge is 2.33. The Bertz CT molecular complexity index is 710. The lowest BCUT2D eigenvalue weighted by Gasteiger charge is -2.22. The van der Waals surface area contributed by atoms with Gasteiger partial charge in [-0.3, -0.25) is 4.79 Å². The van der Waals surface area contributed by atoms with Crippen LogP contribution in [0, 0.1) is 5.92 Å². The van der Waals surface area contributed by atoms with Crippen LogP contribution in [0.5, 0.6) is 0 Å². The second-order valence-corrected chi connectivity index (χ2v) is 7.39. The zero-order valence-corrected chi connectivity index (χ0v) is 13.1. The molecule has 3 rings (SSSR count). The molecule has 0 bridgehead atoms. The van der Waals surface area contributed by atoms with Crippen LogP contribution in [-0.4, -0.2) is 30.9 Å². The van der Waals surface area contributed by atoms with Gasteiger partial charge < -0.3 is 5.11 Å². The zero-order chi connectivity index (χ0) is 15.2. The van der Waals surface area contributed by atoms with Crippen molar-refractivity contribution in [1.82, 2.24) is 19.8 Å². The fourth-order valence-corrected chi connectivity index (χ4v) is 3.63. The average molecular weight is 306 g/mol. The van der Waals surface area contributed by atoms with Gasteiger partial charge in [0.25, 0.3) is 0 Å². The number of hydrogen-bond acceptors (Lipinski definition) is 5. The van der Waals surface area contributed by atoms with Crippen molar-refractivity contribution in [3.63, 3.8) is 0 Å². The Labute approximate surface area is 126 Å². The smallest absolute Gasteiger partial charge is 0.307 e. The predicted molar refractivity (Wildman–Crippen MR) is 79.6 cm³/mol. The zero-order valence-electron chi connectivity index (χ0n) is 12.3. The number of rotatable bonds is 2. The summed E-state index contributed by atoms with van der Waals surface area (Å²) in [6.07, 6.45) is 5.26. The molecule has 1 aliphatic rings. The third-order valence-electron chi connectivity index (χ3n) is 3.74. The van der Waals surface area contributed by atoms with Crippen LogP contribution in [-0.2, 0) is 10.2 Å². The van der Waals surface area contributed by atoms with E-state index in [9.17, 15) is 9.90 Å². The Morgan fingerprint density at radius 3 is 2.71 bits per heavy atom. The molecule has 0 saturated heterocycles. The van der Waals surface area contributed by atoms with Gasteiger partial charge in [0, 0.05) is 11.3 Å². The maximum absolute atomic E-state index is 11.4. The number of nitrogens with zero attached hydrogens (tertiary/aromatic N) is 4. The molecule has 7 heteroatoms. The third kappa shape index (κ3) is 2.46. The van der Waals surface area contributed by atoms with Gasteiger partial charge in [0.05, 0.1) is 5.92 Å². The lowest BCUT2D eigenvalue weighted by atomic mass is 9.83. The Morgan fingerprint density at radius 2 is 2.05 bits per heavy atom. The molecule has 0 radical (unpaired) electrons. The minimum atomic E-state index is -0.758. The molecule has 0 amide bonds. The Kier molecular flexibility index (Phi) is 3.32. The van der Waals surface area contributed by atoms with E-state index in [0.717, 1.165) is 15.8 Å². The van der Waals surface area contributed by atoms with Gasteiger partial charge in [-0.1, -0.05) is 44.3 Å². The van der Waals surface area contributed by atoms with Gasteiger partial charge >= 0.3 is 5.97 Å². The number of allylic oxidation sites excluding steroid dienone is 2. The van der Waals surface area contributed by atoms with Crippen LogP contribution in [0.1, 0.15) is 50.4 Å². The first-order valence-corrected chi connectivity index (χ1v) is 7.80. The number of fused-ring (bicyclic) bond motifs is 1. The van der Waals surface area contributed by atoms with E-state index in [0.29, 0.717) is 12.8 Å². The molecule has 2 heterocycles. The molecular weight excluding hydrogens is 288 g/mol. The largest absolute Gasteiger partial charge is 0.481 e. The summed E-state index contributed by atoms with van der Waals surface area (Å²) in [5.41, 5.74) is -0.149. The monoisotopic (exact) mass is 306 g/mol. The number of carbonyl (C=O) groups is 1. The molecule has 6 nitrogen and oxygen atoms in total. The SMILES string of the molecule is CC(C)(C)c1nnc2sc([C@@H]3CC=CC[C@@H]3C(=O)O)nn12. The van der Waals surface area contributed by atoms with E-state index in [2.05, 4.69) is 36.1 Å². The maximum atomic E-state index is 11.4. The molecule has 2 atom stereocenters. The van der Waals surface area contributed by atoms with Crippen molar-refractivity contribution < 1.29 is 9.90 Å². The van der Waals surface area contributed by atoms with Crippen molar-refractivity contribution in [2.45, 2.75) is 44.9 Å². The second kappa shape index (κ2) is 4.91. The first kappa shape index (κ1) is 14.2. The number of aromatic nitrogens is 4. The summed E-state index contributed by atoms with van der Waals surface area (Å²) in [7, 11) is 0. The van der Waals surface area contributed by atoms with E-state index in [4.69, 9.17) is 0 Å². The van der Waals surface area contributed by atoms with Crippen LogP contribution in [0.3, 0.4) is 0 Å². The summed E-state index contributed by atoms with van der Waals surface area (Å²) in [6.45, 7) is 6.18. The second-order valence-electron chi connectivity index (χ2n) is 6.40. The molecule has 0 aromatic carbocycles. The van der Waals surface area contributed by atoms with Crippen LogP contribution in [0.15, 0.2) is 12.2 Å². The normalized spacial score (nSPS) is 22.8. The van der Waals surface area contributed by atoms with Crippen molar-refractivity contribution in [2.75, 3.05) is 0 Å². The Balaban J connectivity index is 2.03. The summed E-state index contributed by atoms with van der Waals surface area (Å²) in [6, 6.07) is 0. The Hall–Kier alpha value is -1.76. The molecule has 112 valence electrons. The highest BCUT2D eigenvalue weighted by atomic mass is 32.1. The lowest BCUT2D eigenvalue weighted by molar-refractivity contribution is -0.142. The Morgan fingerprint density at radius 1 is 1.33 bits per heavy atom. The van der Waals surface area contributed by atoms with Gasteiger partial charge in [-0.15, -0.1) is 10.2 Å². The minimum absolute atomic E-state index is 0.0768. The fourth-order valence-electron chi connectivity index (χ4n) is 2.61. The molecule has 1 N–H and O–H groups in total. The van der Waals surface area contributed by atoms with Gasteiger partial charge in [-0.05, 0) is 12.8 Å². The molecule has 21 heavy (non-hydrogen) atoms. The summed E-state index contributed by atoms with van der Waals surface area (Å²) >= 11 is 1.44. The van der Waals surface area contributed by atoms with Crippen LogP contribution in [0.2, 0.25) is 0 Å². The topological polar surface area (TPSA) is 80.4 Å².